The molecule has 3 nitrogen and oxygen atoms in total. The smallest absolute Gasteiger partial charge is 0.0585 e. The number of hydrogen-bond donors (Lipinski definition) is 3. The van der Waals surface area contributed by atoms with Gasteiger partial charge >= 0.3 is 0 Å². The Kier molecular flexibility index (Phi) is 6.19. The Morgan fingerprint density at radius 1 is 1.12 bits per heavy atom. The van der Waals surface area contributed by atoms with Gasteiger partial charge in [0.25, 0.3) is 0 Å². The minimum absolute atomic E-state index is 0.0234. The molecule has 0 fully saturated rings. The second-order valence-corrected chi connectivity index (χ2v) is 4.67. The summed E-state index contributed by atoms with van der Waals surface area (Å²) in [6.45, 7) is 5.24. The van der Waals surface area contributed by atoms with Gasteiger partial charge in [0.15, 0.2) is 0 Å². The monoisotopic (exact) mass is 237 g/mol. The first-order valence-electron chi connectivity index (χ1n) is 6.21. The van der Waals surface area contributed by atoms with Crippen LogP contribution in [0.2, 0.25) is 0 Å². The second kappa shape index (κ2) is 7.43. The van der Waals surface area contributed by atoms with Gasteiger partial charge in [-0.25, -0.2) is 0 Å². The number of rotatable bonds is 7. The summed E-state index contributed by atoms with van der Waals surface area (Å²) in [5.74, 6) is 0.552. The molecule has 17 heavy (non-hydrogen) atoms. The first kappa shape index (κ1) is 14.2. The molecular formula is C14H23NO2. The Labute approximate surface area is 103 Å². The maximum absolute atomic E-state index is 9.08. The summed E-state index contributed by atoms with van der Waals surface area (Å²) in [4.78, 5) is 0. The minimum atomic E-state index is -0.0234. The van der Waals surface area contributed by atoms with Crippen molar-refractivity contribution in [3.8, 4) is 0 Å². The summed E-state index contributed by atoms with van der Waals surface area (Å²) in [5, 5.41) is 21.1. The zero-order valence-electron chi connectivity index (χ0n) is 10.7. The lowest BCUT2D eigenvalue weighted by atomic mass is 10.0. The van der Waals surface area contributed by atoms with Crippen molar-refractivity contribution >= 4 is 0 Å². The molecule has 0 aromatic heterocycles. The van der Waals surface area contributed by atoms with Crippen molar-refractivity contribution < 1.29 is 10.2 Å². The summed E-state index contributed by atoms with van der Waals surface area (Å²) < 4.78 is 0. The van der Waals surface area contributed by atoms with E-state index < -0.39 is 0 Å². The van der Waals surface area contributed by atoms with Gasteiger partial charge in [-0.05, 0) is 23.5 Å². The van der Waals surface area contributed by atoms with Crippen LogP contribution < -0.4 is 5.32 Å². The molecule has 0 saturated carbocycles. The molecule has 0 radical (unpaired) electrons. The van der Waals surface area contributed by atoms with E-state index in [0.29, 0.717) is 12.3 Å². The SMILES string of the molecule is CC(C)c1ccc(CNC(CO)CCO)cc1. The molecule has 1 unspecified atom stereocenters. The van der Waals surface area contributed by atoms with Gasteiger partial charge < -0.3 is 15.5 Å². The Morgan fingerprint density at radius 3 is 2.24 bits per heavy atom. The standard InChI is InChI=1S/C14H23NO2/c1-11(2)13-5-3-12(4-6-13)9-15-14(10-17)7-8-16/h3-6,11,14-17H,7-10H2,1-2H3. The lowest BCUT2D eigenvalue weighted by Crippen LogP contribution is -2.32. The zero-order chi connectivity index (χ0) is 12.7. The van der Waals surface area contributed by atoms with Crippen molar-refractivity contribution in [3.63, 3.8) is 0 Å². The molecule has 1 aromatic rings. The molecule has 3 heteroatoms. The van der Waals surface area contributed by atoms with Gasteiger partial charge in [0.1, 0.15) is 0 Å². The van der Waals surface area contributed by atoms with Crippen molar-refractivity contribution in [1.29, 1.82) is 0 Å². The lowest BCUT2D eigenvalue weighted by Gasteiger charge is -2.15. The van der Waals surface area contributed by atoms with Crippen LogP contribution in [0.5, 0.6) is 0 Å². The molecule has 3 N–H and O–H groups in total. The summed E-state index contributed by atoms with van der Waals surface area (Å²) >= 11 is 0. The fourth-order valence-corrected chi connectivity index (χ4v) is 1.70. The Bertz CT molecular complexity index is 309. The van der Waals surface area contributed by atoms with Gasteiger partial charge in [0, 0.05) is 19.2 Å². The van der Waals surface area contributed by atoms with E-state index in [0.717, 1.165) is 6.54 Å². The van der Waals surface area contributed by atoms with Crippen LogP contribution >= 0.6 is 0 Å². The Balaban J connectivity index is 2.46. The summed E-state index contributed by atoms with van der Waals surface area (Å²) in [7, 11) is 0. The minimum Gasteiger partial charge on any atom is -0.396 e. The summed E-state index contributed by atoms with van der Waals surface area (Å²) in [6, 6.07) is 8.47. The van der Waals surface area contributed by atoms with Crippen molar-refractivity contribution in [3.05, 3.63) is 35.4 Å². The fourth-order valence-electron chi connectivity index (χ4n) is 1.70. The number of aliphatic hydroxyl groups is 2. The van der Waals surface area contributed by atoms with E-state index in [2.05, 4.69) is 43.4 Å². The molecule has 1 atom stereocenters. The fraction of sp³-hybridized carbons (Fsp3) is 0.571. The highest BCUT2D eigenvalue weighted by atomic mass is 16.3. The molecular weight excluding hydrogens is 214 g/mol. The number of hydrogen-bond acceptors (Lipinski definition) is 3. The average Bonchev–Trinajstić information content (AvgIpc) is 2.35. The molecule has 1 rings (SSSR count). The third-order valence-corrected chi connectivity index (χ3v) is 2.94. The quantitative estimate of drug-likeness (QED) is 0.676. The van der Waals surface area contributed by atoms with E-state index >= 15 is 0 Å². The third kappa shape index (κ3) is 4.86. The molecule has 96 valence electrons. The van der Waals surface area contributed by atoms with Gasteiger partial charge in [-0.15, -0.1) is 0 Å². The molecule has 0 aliphatic rings. The van der Waals surface area contributed by atoms with Gasteiger partial charge in [-0.3, -0.25) is 0 Å². The molecule has 0 aliphatic carbocycles. The Morgan fingerprint density at radius 2 is 1.76 bits per heavy atom. The van der Waals surface area contributed by atoms with Crippen molar-refractivity contribution in [2.75, 3.05) is 13.2 Å². The number of benzene rings is 1. The van der Waals surface area contributed by atoms with Gasteiger partial charge in [-0.2, -0.15) is 0 Å². The summed E-state index contributed by atoms with van der Waals surface area (Å²) in [5.41, 5.74) is 2.54. The van der Waals surface area contributed by atoms with Crippen LogP contribution in [0.25, 0.3) is 0 Å². The third-order valence-electron chi connectivity index (χ3n) is 2.94. The topological polar surface area (TPSA) is 52.5 Å². The molecule has 0 aliphatic heterocycles. The summed E-state index contributed by atoms with van der Waals surface area (Å²) in [6.07, 6.45) is 0.584. The van der Waals surface area contributed by atoms with Crippen LogP contribution in [0.15, 0.2) is 24.3 Å². The van der Waals surface area contributed by atoms with E-state index in [9.17, 15) is 0 Å². The van der Waals surface area contributed by atoms with Crippen LogP contribution in [0, 0.1) is 0 Å². The van der Waals surface area contributed by atoms with Crippen LogP contribution in [0.4, 0.5) is 0 Å². The number of aliphatic hydroxyl groups excluding tert-OH is 2. The zero-order valence-corrected chi connectivity index (χ0v) is 10.7. The predicted molar refractivity (Wildman–Crippen MR) is 69.9 cm³/mol. The average molecular weight is 237 g/mol. The first-order valence-corrected chi connectivity index (χ1v) is 6.21. The van der Waals surface area contributed by atoms with Crippen LogP contribution in [0.1, 0.15) is 37.3 Å². The molecule has 1 aromatic carbocycles. The van der Waals surface area contributed by atoms with Crippen LogP contribution in [-0.2, 0) is 6.54 Å². The maximum atomic E-state index is 9.08. The van der Waals surface area contributed by atoms with Crippen LogP contribution in [-0.4, -0.2) is 29.5 Å². The number of nitrogens with one attached hydrogen (secondary N) is 1. The molecule has 0 saturated heterocycles. The highest BCUT2D eigenvalue weighted by Crippen LogP contribution is 2.14. The van der Waals surface area contributed by atoms with E-state index in [-0.39, 0.29) is 19.3 Å². The largest absolute Gasteiger partial charge is 0.396 e. The molecule has 0 amide bonds. The maximum Gasteiger partial charge on any atom is 0.0585 e. The predicted octanol–water partition coefficient (Wildman–Crippen LogP) is 1.64. The first-order chi connectivity index (χ1) is 8.17. The van der Waals surface area contributed by atoms with Crippen molar-refractivity contribution in [1.82, 2.24) is 5.32 Å². The van der Waals surface area contributed by atoms with Crippen LogP contribution in [0.3, 0.4) is 0 Å². The van der Waals surface area contributed by atoms with Gasteiger partial charge in [0.05, 0.1) is 6.61 Å². The van der Waals surface area contributed by atoms with Crippen molar-refractivity contribution in [2.24, 2.45) is 0 Å². The van der Waals surface area contributed by atoms with E-state index in [1.807, 2.05) is 0 Å². The van der Waals surface area contributed by atoms with E-state index in [1.165, 1.54) is 11.1 Å². The van der Waals surface area contributed by atoms with Crippen molar-refractivity contribution in [2.45, 2.75) is 38.8 Å². The molecule has 0 spiro atoms. The second-order valence-electron chi connectivity index (χ2n) is 4.67. The normalized spacial score (nSPS) is 13.0. The van der Waals surface area contributed by atoms with E-state index in [4.69, 9.17) is 10.2 Å². The molecule has 0 heterocycles. The highest BCUT2D eigenvalue weighted by molar-refractivity contribution is 5.24. The highest BCUT2D eigenvalue weighted by Gasteiger charge is 2.05. The van der Waals surface area contributed by atoms with Gasteiger partial charge in [0.2, 0.25) is 0 Å². The van der Waals surface area contributed by atoms with Gasteiger partial charge in [-0.1, -0.05) is 38.1 Å². The molecule has 0 bridgehead atoms. The lowest BCUT2D eigenvalue weighted by molar-refractivity contribution is 0.200. The Hall–Kier alpha value is -0.900. The van der Waals surface area contributed by atoms with E-state index in [1.54, 1.807) is 0 Å².